The van der Waals surface area contributed by atoms with E-state index in [0.29, 0.717) is 36.8 Å². The zero-order valence-electron chi connectivity index (χ0n) is 16.6. The third-order valence-corrected chi connectivity index (χ3v) is 4.49. The fourth-order valence-electron chi connectivity index (χ4n) is 3.16. The molecular weight excluding hydrogens is 374 g/mol. The van der Waals surface area contributed by atoms with Gasteiger partial charge >= 0.3 is 0 Å². The molecule has 2 aromatic carbocycles. The summed E-state index contributed by atoms with van der Waals surface area (Å²) in [4.78, 5) is 12.8. The number of hydrogen-bond donors (Lipinski definition) is 2. The molecule has 0 aliphatic carbocycles. The summed E-state index contributed by atoms with van der Waals surface area (Å²) in [6, 6.07) is 11.6. The highest BCUT2D eigenvalue weighted by Gasteiger charge is 2.22. The van der Waals surface area contributed by atoms with Crippen LogP contribution in [0.15, 0.2) is 47.6 Å². The van der Waals surface area contributed by atoms with Crippen molar-refractivity contribution in [3.8, 4) is 11.5 Å². The van der Waals surface area contributed by atoms with Crippen LogP contribution in [0.25, 0.3) is 0 Å². The van der Waals surface area contributed by atoms with E-state index in [-0.39, 0.29) is 11.6 Å². The van der Waals surface area contributed by atoms with Crippen molar-refractivity contribution in [2.45, 2.75) is 26.7 Å². The molecule has 1 aliphatic heterocycles. The maximum atomic E-state index is 12.8. The van der Waals surface area contributed by atoms with Crippen LogP contribution in [0.1, 0.15) is 42.6 Å². The van der Waals surface area contributed by atoms with Gasteiger partial charge in [0.2, 0.25) is 0 Å². The lowest BCUT2D eigenvalue weighted by atomic mass is 10.0. The van der Waals surface area contributed by atoms with Crippen molar-refractivity contribution in [2.75, 3.05) is 19.8 Å². The lowest BCUT2D eigenvalue weighted by Crippen LogP contribution is -2.99. The standard InChI is InChI=1S/C21H25N3O5/c1-3-28-19-11-10-15(14-20(19)29-4-2)18-9-6-12-23(22-18)21(25)16-7-5-8-17(13-16)24(26)27/h5,7-8,10-11,13-14,24,26H,3-4,6,9,12H2,1-2H3. The maximum absolute atomic E-state index is 12.8. The van der Waals surface area contributed by atoms with Gasteiger partial charge in [-0.15, -0.1) is 0 Å². The molecule has 8 nitrogen and oxygen atoms in total. The van der Waals surface area contributed by atoms with Crippen molar-refractivity contribution in [1.82, 2.24) is 5.01 Å². The molecule has 1 aliphatic rings. The van der Waals surface area contributed by atoms with Gasteiger partial charge in [0.15, 0.2) is 17.2 Å². The van der Waals surface area contributed by atoms with Gasteiger partial charge in [0.25, 0.3) is 5.91 Å². The van der Waals surface area contributed by atoms with Crippen LogP contribution < -0.4 is 14.7 Å². The summed E-state index contributed by atoms with van der Waals surface area (Å²) in [6.45, 7) is 5.36. The van der Waals surface area contributed by atoms with Crippen molar-refractivity contribution in [3.05, 3.63) is 58.8 Å². The molecule has 2 N–H and O–H groups in total. The number of carbonyl (C=O) groups excluding carboxylic acids is 1. The lowest BCUT2D eigenvalue weighted by Gasteiger charge is -2.24. The van der Waals surface area contributed by atoms with E-state index in [4.69, 9.17) is 14.7 Å². The van der Waals surface area contributed by atoms with Gasteiger partial charge in [-0.3, -0.25) is 4.79 Å². The second-order valence-electron chi connectivity index (χ2n) is 6.49. The first-order chi connectivity index (χ1) is 14.0. The van der Waals surface area contributed by atoms with Gasteiger partial charge in [0.1, 0.15) is 0 Å². The fraction of sp³-hybridized carbons (Fsp3) is 0.333. The summed E-state index contributed by atoms with van der Waals surface area (Å²) >= 11 is 0. The van der Waals surface area contributed by atoms with Gasteiger partial charge in [-0.25, -0.2) is 10.2 Å². The van der Waals surface area contributed by atoms with Crippen molar-refractivity contribution in [1.29, 1.82) is 0 Å². The molecule has 0 saturated carbocycles. The molecule has 0 fully saturated rings. The molecule has 1 amide bonds. The number of rotatable bonds is 7. The van der Waals surface area contributed by atoms with Crippen molar-refractivity contribution in [2.24, 2.45) is 5.10 Å². The number of carbonyl (C=O) groups is 1. The molecule has 1 atom stereocenters. The van der Waals surface area contributed by atoms with Gasteiger partial charge in [-0.1, -0.05) is 6.07 Å². The molecule has 29 heavy (non-hydrogen) atoms. The molecule has 0 bridgehead atoms. The third kappa shape index (κ3) is 4.92. The van der Waals surface area contributed by atoms with E-state index in [1.807, 2.05) is 32.0 Å². The van der Waals surface area contributed by atoms with Crippen molar-refractivity contribution in [3.63, 3.8) is 0 Å². The van der Waals surface area contributed by atoms with E-state index in [0.717, 1.165) is 24.1 Å². The number of benzene rings is 2. The number of amides is 1. The predicted molar refractivity (Wildman–Crippen MR) is 108 cm³/mol. The third-order valence-electron chi connectivity index (χ3n) is 4.49. The Bertz CT molecular complexity index is 898. The Morgan fingerprint density at radius 3 is 2.66 bits per heavy atom. The molecule has 0 spiro atoms. The monoisotopic (exact) mass is 399 g/mol. The molecule has 2 aromatic rings. The van der Waals surface area contributed by atoms with E-state index >= 15 is 0 Å². The maximum Gasteiger partial charge on any atom is 0.274 e. The van der Waals surface area contributed by atoms with Crippen LogP contribution in [0.5, 0.6) is 11.5 Å². The minimum atomic E-state index is -1.07. The summed E-state index contributed by atoms with van der Waals surface area (Å²) in [6.07, 6.45) is 1.50. The molecule has 3 rings (SSSR count). The first-order valence-corrected chi connectivity index (χ1v) is 9.66. The summed E-state index contributed by atoms with van der Waals surface area (Å²) in [5.74, 6) is 1.00. The highest BCUT2D eigenvalue weighted by molar-refractivity contribution is 6.03. The van der Waals surface area contributed by atoms with E-state index in [9.17, 15) is 10.0 Å². The zero-order chi connectivity index (χ0) is 20.8. The fourth-order valence-corrected chi connectivity index (χ4v) is 3.16. The van der Waals surface area contributed by atoms with Gasteiger partial charge in [0.05, 0.1) is 18.9 Å². The molecule has 1 heterocycles. The zero-order valence-corrected chi connectivity index (χ0v) is 16.6. The molecule has 8 heteroatoms. The minimum Gasteiger partial charge on any atom is -0.595 e. The summed E-state index contributed by atoms with van der Waals surface area (Å²) in [5, 5.41) is 25.2. The molecule has 0 saturated heterocycles. The molecule has 0 aromatic heterocycles. The minimum absolute atomic E-state index is 0.0740. The number of ether oxygens (including phenoxy) is 2. The van der Waals surface area contributed by atoms with Crippen molar-refractivity contribution >= 4 is 17.3 Å². The van der Waals surface area contributed by atoms with Crippen LogP contribution in [0, 0.1) is 5.21 Å². The van der Waals surface area contributed by atoms with Crippen LogP contribution >= 0.6 is 0 Å². The average molecular weight is 399 g/mol. The number of hydrogen-bond acceptors (Lipinski definition) is 6. The predicted octanol–water partition coefficient (Wildman–Crippen LogP) is 2.53. The highest BCUT2D eigenvalue weighted by Crippen LogP contribution is 2.30. The number of hydrazone groups is 1. The second kappa shape index (κ2) is 9.51. The Kier molecular flexibility index (Phi) is 6.82. The topological polar surface area (TPSA) is 98.9 Å². The first-order valence-electron chi connectivity index (χ1n) is 9.66. The Morgan fingerprint density at radius 1 is 1.17 bits per heavy atom. The van der Waals surface area contributed by atoms with E-state index < -0.39 is 5.23 Å². The molecule has 1 unspecified atom stereocenters. The Balaban J connectivity index is 1.87. The number of nitrogens with zero attached hydrogens (tertiary/aromatic N) is 2. The first kappa shape index (κ1) is 20.8. The van der Waals surface area contributed by atoms with Crippen LogP contribution in [-0.2, 0) is 0 Å². The van der Waals surface area contributed by atoms with Gasteiger partial charge in [-0.2, -0.15) is 10.3 Å². The van der Waals surface area contributed by atoms with E-state index in [1.54, 1.807) is 12.1 Å². The van der Waals surface area contributed by atoms with Crippen LogP contribution in [0.3, 0.4) is 0 Å². The van der Waals surface area contributed by atoms with Gasteiger partial charge in [0, 0.05) is 29.8 Å². The van der Waals surface area contributed by atoms with Crippen molar-refractivity contribution < 1.29 is 24.7 Å². The van der Waals surface area contributed by atoms with Gasteiger partial charge in [-0.05, 0) is 51.0 Å². The number of nitrogens with one attached hydrogen (secondary N) is 1. The quantitative estimate of drug-likeness (QED) is 0.697. The van der Waals surface area contributed by atoms with Crippen LogP contribution in [-0.4, -0.2) is 41.6 Å². The summed E-state index contributed by atoms with van der Waals surface area (Å²) in [7, 11) is 0. The SMILES string of the molecule is CCOc1ccc(C2=NN(C(=O)c3cccc([NH+]([O-])O)c3)CCC2)cc1OCC. The Morgan fingerprint density at radius 2 is 1.93 bits per heavy atom. The lowest BCUT2D eigenvalue weighted by molar-refractivity contribution is -0.991. The normalized spacial score (nSPS) is 14.9. The highest BCUT2D eigenvalue weighted by atomic mass is 16.8. The van der Waals surface area contributed by atoms with Crippen LogP contribution in [0.4, 0.5) is 5.69 Å². The largest absolute Gasteiger partial charge is 0.595 e. The van der Waals surface area contributed by atoms with Gasteiger partial charge < -0.3 is 14.7 Å². The summed E-state index contributed by atoms with van der Waals surface area (Å²) in [5.41, 5.74) is 2.03. The van der Waals surface area contributed by atoms with Crippen LogP contribution in [0.2, 0.25) is 0 Å². The summed E-state index contributed by atoms with van der Waals surface area (Å²) < 4.78 is 11.3. The van der Waals surface area contributed by atoms with E-state index in [1.165, 1.54) is 17.1 Å². The second-order valence-corrected chi connectivity index (χ2v) is 6.49. The Hall–Kier alpha value is -2.94. The smallest absolute Gasteiger partial charge is 0.274 e. The number of quaternary nitrogens is 1. The molecular formula is C21H25N3O5. The average Bonchev–Trinajstić information content (AvgIpc) is 2.75. The molecule has 154 valence electrons. The molecule has 0 radical (unpaired) electrons. The Labute approximate surface area is 169 Å². The van der Waals surface area contributed by atoms with E-state index in [2.05, 4.69) is 5.10 Å².